The van der Waals surface area contributed by atoms with E-state index >= 15 is 0 Å². The summed E-state index contributed by atoms with van der Waals surface area (Å²) in [6.07, 6.45) is 1.83. The standard InChI is InChI=1S/C16H21N3O2.ClH/c1-11(20)19-8-6-12-9-13(3-4-15(12)19)16(21)18(2)14-5-7-17-10-14;/h3-4,9,14,17H,5-8,10H2,1-2H3;1H. The molecule has 0 radical (unpaired) electrons. The van der Waals surface area contributed by atoms with Gasteiger partial charge in [0.25, 0.3) is 5.91 Å². The molecule has 1 atom stereocenters. The van der Waals surface area contributed by atoms with Crippen molar-refractivity contribution in [2.24, 2.45) is 0 Å². The third-order valence-electron chi connectivity index (χ3n) is 4.50. The molecule has 1 aromatic carbocycles. The molecular formula is C16H22ClN3O2. The van der Waals surface area contributed by atoms with Crippen LogP contribution in [-0.4, -0.2) is 49.4 Å². The number of carbonyl (C=O) groups excluding carboxylic acids is 2. The summed E-state index contributed by atoms with van der Waals surface area (Å²) in [7, 11) is 1.87. The highest BCUT2D eigenvalue weighted by atomic mass is 35.5. The summed E-state index contributed by atoms with van der Waals surface area (Å²) in [6, 6.07) is 5.96. The molecule has 1 N–H and O–H groups in total. The maximum atomic E-state index is 12.6. The topological polar surface area (TPSA) is 52.7 Å². The van der Waals surface area contributed by atoms with Crippen LogP contribution in [0.4, 0.5) is 5.69 Å². The minimum absolute atomic E-state index is 0. The van der Waals surface area contributed by atoms with E-state index in [4.69, 9.17) is 0 Å². The Morgan fingerprint density at radius 3 is 2.77 bits per heavy atom. The third-order valence-corrected chi connectivity index (χ3v) is 4.50. The number of nitrogens with zero attached hydrogens (tertiary/aromatic N) is 2. The van der Waals surface area contributed by atoms with E-state index in [1.807, 2.05) is 30.1 Å². The quantitative estimate of drug-likeness (QED) is 0.896. The summed E-state index contributed by atoms with van der Waals surface area (Å²) in [5.74, 6) is 0.120. The van der Waals surface area contributed by atoms with Gasteiger partial charge >= 0.3 is 0 Å². The average molecular weight is 324 g/mol. The Labute approximate surface area is 137 Å². The highest BCUT2D eigenvalue weighted by Gasteiger charge is 2.26. The molecule has 2 heterocycles. The van der Waals surface area contributed by atoms with E-state index in [1.54, 1.807) is 11.8 Å². The molecule has 2 aliphatic rings. The van der Waals surface area contributed by atoms with Crippen LogP contribution in [0.1, 0.15) is 29.3 Å². The summed E-state index contributed by atoms with van der Waals surface area (Å²) in [4.78, 5) is 27.7. The molecule has 0 aliphatic carbocycles. The second-order valence-corrected chi connectivity index (χ2v) is 5.83. The van der Waals surface area contributed by atoms with Crippen molar-refractivity contribution in [1.82, 2.24) is 10.2 Å². The summed E-state index contributed by atoms with van der Waals surface area (Å²) in [5, 5.41) is 3.28. The minimum atomic E-state index is 0. The van der Waals surface area contributed by atoms with Crippen molar-refractivity contribution in [3.05, 3.63) is 29.3 Å². The first-order chi connectivity index (χ1) is 10.1. The number of anilines is 1. The van der Waals surface area contributed by atoms with Gasteiger partial charge in [0.05, 0.1) is 0 Å². The zero-order valence-electron chi connectivity index (χ0n) is 13.0. The summed E-state index contributed by atoms with van der Waals surface area (Å²) >= 11 is 0. The van der Waals surface area contributed by atoms with Crippen LogP contribution in [0, 0.1) is 0 Å². The second kappa shape index (κ2) is 6.67. The average Bonchev–Trinajstić information content (AvgIpc) is 3.13. The summed E-state index contributed by atoms with van der Waals surface area (Å²) < 4.78 is 0. The van der Waals surface area contributed by atoms with E-state index in [0.717, 1.165) is 37.2 Å². The number of hydrogen-bond acceptors (Lipinski definition) is 3. The number of halogens is 1. The molecule has 0 spiro atoms. The van der Waals surface area contributed by atoms with Gasteiger partial charge in [-0.15, -0.1) is 12.4 Å². The fourth-order valence-electron chi connectivity index (χ4n) is 3.20. The maximum absolute atomic E-state index is 12.6. The lowest BCUT2D eigenvalue weighted by atomic mass is 10.1. The molecule has 22 heavy (non-hydrogen) atoms. The largest absolute Gasteiger partial charge is 0.337 e. The number of nitrogens with one attached hydrogen (secondary N) is 1. The molecule has 2 amide bonds. The van der Waals surface area contributed by atoms with Crippen LogP contribution in [0.5, 0.6) is 0 Å². The number of carbonyl (C=O) groups is 2. The predicted octanol–water partition coefficient (Wildman–Crippen LogP) is 1.45. The Hall–Kier alpha value is -1.59. The van der Waals surface area contributed by atoms with E-state index in [2.05, 4.69) is 5.32 Å². The first-order valence-corrected chi connectivity index (χ1v) is 7.47. The van der Waals surface area contributed by atoms with Crippen molar-refractivity contribution in [3.8, 4) is 0 Å². The van der Waals surface area contributed by atoms with Gasteiger partial charge in [0, 0.05) is 44.4 Å². The van der Waals surface area contributed by atoms with Crippen LogP contribution in [0.3, 0.4) is 0 Å². The number of amides is 2. The Bertz CT molecular complexity index is 585. The Morgan fingerprint density at radius 1 is 1.36 bits per heavy atom. The lowest BCUT2D eigenvalue weighted by Crippen LogP contribution is -2.38. The Balaban J connectivity index is 0.00000176. The highest BCUT2D eigenvalue weighted by molar-refractivity contribution is 5.97. The first kappa shape index (κ1) is 16.8. The van der Waals surface area contributed by atoms with Gasteiger partial charge in [0.15, 0.2) is 0 Å². The molecule has 0 saturated carbocycles. The fourth-order valence-corrected chi connectivity index (χ4v) is 3.20. The molecule has 1 aromatic rings. The normalized spacial score (nSPS) is 19.5. The molecule has 0 bridgehead atoms. The third kappa shape index (κ3) is 2.96. The Kier molecular flexibility index (Phi) is 5.08. The van der Waals surface area contributed by atoms with Gasteiger partial charge in [-0.05, 0) is 43.1 Å². The Morgan fingerprint density at radius 2 is 2.14 bits per heavy atom. The number of fused-ring (bicyclic) bond motifs is 1. The highest BCUT2D eigenvalue weighted by Crippen LogP contribution is 2.29. The van der Waals surface area contributed by atoms with Crippen LogP contribution < -0.4 is 10.2 Å². The molecule has 6 heteroatoms. The van der Waals surface area contributed by atoms with Crippen molar-refractivity contribution in [2.45, 2.75) is 25.8 Å². The zero-order valence-corrected chi connectivity index (χ0v) is 13.8. The molecule has 3 rings (SSSR count). The lowest BCUT2D eigenvalue weighted by Gasteiger charge is -2.24. The van der Waals surface area contributed by atoms with Crippen LogP contribution >= 0.6 is 12.4 Å². The summed E-state index contributed by atoms with van der Waals surface area (Å²) in [6.45, 7) is 4.13. The maximum Gasteiger partial charge on any atom is 0.253 e. The van der Waals surface area contributed by atoms with Crippen molar-refractivity contribution in [2.75, 3.05) is 31.6 Å². The van der Waals surface area contributed by atoms with E-state index in [-0.39, 0.29) is 30.3 Å². The van der Waals surface area contributed by atoms with Gasteiger partial charge in [-0.3, -0.25) is 9.59 Å². The molecule has 1 unspecified atom stereocenters. The van der Waals surface area contributed by atoms with Crippen molar-refractivity contribution in [3.63, 3.8) is 0 Å². The van der Waals surface area contributed by atoms with E-state index in [1.165, 1.54) is 0 Å². The van der Waals surface area contributed by atoms with Crippen molar-refractivity contribution in [1.29, 1.82) is 0 Å². The van der Waals surface area contributed by atoms with Gasteiger partial charge in [0.1, 0.15) is 0 Å². The van der Waals surface area contributed by atoms with Crippen molar-refractivity contribution < 1.29 is 9.59 Å². The molecule has 5 nitrogen and oxygen atoms in total. The summed E-state index contributed by atoms with van der Waals surface area (Å²) in [5.41, 5.74) is 2.76. The van der Waals surface area contributed by atoms with Crippen LogP contribution in [-0.2, 0) is 11.2 Å². The fraction of sp³-hybridized carbons (Fsp3) is 0.500. The van der Waals surface area contributed by atoms with Gasteiger partial charge in [-0.25, -0.2) is 0 Å². The first-order valence-electron chi connectivity index (χ1n) is 7.47. The van der Waals surface area contributed by atoms with Crippen LogP contribution in [0.15, 0.2) is 18.2 Å². The molecule has 0 aromatic heterocycles. The van der Waals surface area contributed by atoms with E-state index in [9.17, 15) is 9.59 Å². The van der Waals surface area contributed by atoms with Crippen molar-refractivity contribution >= 4 is 29.9 Å². The predicted molar refractivity (Wildman–Crippen MR) is 88.8 cm³/mol. The molecule has 1 fully saturated rings. The molecular weight excluding hydrogens is 302 g/mol. The number of benzene rings is 1. The lowest BCUT2D eigenvalue weighted by molar-refractivity contribution is -0.116. The number of likely N-dealkylation sites (N-methyl/N-ethyl adjacent to an activating group) is 1. The minimum Gasteiger partial charge on any atom is -0.337 e. The van der Waals surface area contributed by atoms with Gasteiger partial charge < -0.3 is 15.1 Å². The van der Waals surface area contributed by atoms with Gasteiger partial charge in [-0.2, -0.15) is 0 Å². The zero-order chi connectivity index (χ0) is 15.0. The van der Waals surface area contributed by atoms with E-state index < -0.39 is 0 Å². The number of rotatable bonds is 2. The molecule has 1 saturated heterocycles. The van der Waals surface area contributed by atoms with E-state index in [0.29, 0.717) is 12.1 Å². The second-order valence-electron chi connectivity index (χ2n) is 5.83. The monoisotopic (exact) mass is 323 g/mol. The van der Waals surface area contributed by atoms with Gasteiger partial charge in [-0.1, -0.05) is 0 Å². The molecule has 2 aliphatic heterocycles. The smallest absolute Gasteiger partial charge is 0.253 e. The number of hydrogen-bond donors (Lipinski definition) is 1. The van der Waals surface area contributed by atoms with Gasteiger partial charge in [0.2, 0.25) is 5.91 Å². The molecule has 120 valence electrons. The van der Waals surface area contributed by atoms with Crippen LogP contribution in [0.25, 0.3) is 0 Å². The SMILES string of the molecule is CC(=O)N1CCc2cc(C(=O)N(C)C3CCNC3)ccc21.Cl. The van der Waals surface area contributed by atoms with Crippen LogP contribution in [0.2, 0.25) is 0 Å².